The Kier molecular flexibility index (Phi) is 3.95. The van der Waals surface area contributed by atoms with Gasteiger partial charge in [-0.3, -0.25) is 4.79 Å². The van der Waals surface area contributed by atoms with Crippen molar-refractivity contribution in [2.75, 3.05) is 18.5 Å². The molecular formula is C16H24N2O. The number of Topliss-reactive ketones (excluding diaryl/α,β-unsaturated/α-hetero) is 1. The van der Waals surface area contributed by atoms with Crippen LogP contribution in [0.5, 0.6) is 0 Å². The highest BCUT2D eigenvalue weighted by Crippen LogP contribution is 2.33. The lowest BCUT2D eigenvalue weighted by Crippen LogP contribution is -2.54. The van der Waals surface area contributed by atoms with Gasteiger partial charge in [0.1, 0.15) is 0 Å². The van der Waals surface area contributed by atoms with Gasteiger partial charge in [-0.1, -0.05) is 12.1 Å². The Morgan fingerprint density at radius 1 is 1.42 bits per heavy atom. The second-order valence-corrected chi connectivity index (χ2v) is 6.05. The van der Waals surface area contributed by atoms with Gasteiger partial charge in [-0.05, 0) is 52.8 Å². The number of rotatable bonds is 3. The quantitative estimate of drug-likeness (QED) is 0.848. The van der Waals surface area contributed by atoms with Gasteiger partial charge in [-0.15, -0.1) is 0 Å². The van der Waals surface area contributed by atoms with E-state index in [0.717, 1.165) is 30.6 Å². The number of carbonyl (C=O) groups excluding carboxylic acids is 1. The van der Waals surface area contributed by atoms with E-state index < -0.39 is 0 Å². The topological polar surface area (TPSA) is 32.3 Å². The number of piperidine rings is 1. The molecule has 1 atom stereocenters. The molecule has 0 bridgehead atoms. The largest absolute Gasteiger partial charge is 0.366 e. The summed E-state index contributed by atoms with van der Waals surface area (Å²) in [4.78, 5) is 13.9. The molecule has 0 amide bonds. The van der Waals surface area contributed by atoms with Gasteiger partial charge in [0.2, 0.25) is 0 Å². The maximum absolute atomic E-state index is 11.5. The molecule has 1 N–H and O–H groups in total. The third-order valence-electron chi connectivity index (χ3n) is 4.15. The summed E-state index contributed by atoms with van der Waals surface area (Å²) in [6.07, 6.45) is 2.26. The van der Waals surface area contributed by atoms with E-state index in [1.54, 1.807) is 6.92 Å². The van der Waals surface area contributed by atoms with Crippen LogP contribution in [0.3, 0.4) is 0 Å². The molecule has 1 aromatic rings. The fraction of sp³-hybridized carbons (Fsp3) is 0.562. The predicted octanol–water partition coefficient (Wildman–Crippen LogP) is 2.86. The van der Waals surface area contributed by atoms with Crippen molar-refractivity contribution in [3.63, 3.8) is 0 Å². The SMILES string of the molecule is CNC1CCN(c2cccc(C(C)=O)c2)C(C)(C)C1. The highest BCUT2D eigenvalue weighted by atomic mass is 16.1. The third kappa shape index (κ3) is 2.98. The molecule has 1 heterocycles. The van der Waals surface area contributed by atoms with Gasteiger partial charge in [-0.2, -0.15) is 0 Å². The zero-order chi connectivity index (χ0) is 14.0. The van der Waals surface area contributed by atoms with Gasteiger partial charge in [0.25, 0.3) is 0 Å². The van der Waals surface area contributed by atoms with Gasteiger partial charge in [0.05, 0.1) is 0 Å². The Labute approximate surface area is 116 Å². The number of carbonyl (C=O) groups is 1. The molecule has 0 aromatic heterocycles. The van der Waals surface area contributed by atoms with Gasteiger partial charge in [0, 0.05) is 29.4 Å². The Balaban J connectivity index is 2.26. The fourth-order valence-electron chi connectivity index (χ4n) is 3.02. The molecular weight excluding hydrogens is 236 g/mol. The molecule has 0 radical (unpaired) electrons. The Morgan fingerprint density at radius 2 is 2.16 bits per heavy atom. The van der Waals surface area contributed by atoms with Crippen molar-refractivity contribution in [1.82, 2.24) is 5.32 Å². The van der Waals surface area contributed by atoms with Gasteiger partial charge in [0.15, 0.2) is 5.78 Å². The predicted molar refractivity (Wildman–Crippen MR) is 80.0 cm³/mol. The average molecular weight is 260 g/mol. The van der Waals surface area contributed by atoms with E-state index in [-0.39, 0.29) is 11.3 Å². The summed E-state index contributed by atoms with van der Waals surface area (Å²) in [7, 11) is 2.03. The fourth-order valence-corrected chi connectivity index (χ4v) is 3.02. The summed E-state index contributed by atoms with van der Waals surface area (Å²) < 4.78 is 0. The monoisotopic (exact) mass is 260 g/mol. The van der Waals surface area contributed by atoms with Crippen LogP contribution in [0.4, 0.5) is 5.69 Å². The number of hydrogen-bond acceptors (Lipinski definition) is 3. The molecule has 0 saturated carbocycles. The molecule has 1 fully saturated rings. The molecule has 1 aliphatic rings. The normalized spacial score (nSPS) is 22.3. The maximum atomic E-state index is 11.5. The van der Waals surface area contributed by atoms with Crippen LogP contribution in [0, 0.1) is 0 Å². The van der Waals surface area contributed by atoms with Crippen molar-refractivity contribution < 1.29 is 4.79 Å². The second-order valence-electron chi connectivity index (χ2n) is 6.05. The molecule has 0 spiro atoms. The minimum atomic E-state index is 0.112. The summed E-state index contributed by atoms with van der Waals surface area (Å²) >= 11 is 0. The molecule has 1 aromatic carbocycles. The first-order chi connectivity index (χ1) is 8.94. The molecule has 3 nitrogen and oxygen atoms in total. The lowest BCUT2D eigenvalue weighted by Gasteiger charge is -2.47. The minimum Gasteiger partial charge on any atom is -0.366 e. The molecule has 104 valence electrons. The van der Waals surface area contributed by atoms with Gasteiger partial charge in [-0.25, -0.2) is 0 Å². The van der Waals surface area contributed by atoms with E-state index in [1.807, 2.05) is 25.2 Å². The van der Waals surface area contributed by atoms with Crippen LogP contribution in [-0.2, 0) is 0 Å². The first-order valence-electron chi connectivity index (χ1n) is 7.00. The van der Waals surface area contributed by atoms with Crippen LogP contribution >= 0.6 is 0 Å². The smallest absolute Gasteiger partial charge is 0.159 e. The number of hydrogen-bond donors (Lipinski definition) is 1. The first-order valence-corrected chi connectivity index (χ1v) is 7.00. The van der Waals surface area contributed by atoms with E-state index in [0.29, 0.717) is 6.04 Å². The summed E-state index contributed by atoms with van der Waals surface area (Å²) in [5.41, 5.74) is 2.07. The van der Waals surface area contributed by atoms with Crippen LogP contribution < -0.4 is 10.2 Å². The van der Waals surface area contributed by atoms with Crippen LogP contribution in [0.1, 0.15) is 44.0 Å². The average Bonchev–Trinajstić information content (AvgIpc) is 2.37. The summed E-state index contributed by atoms with van der Waals surface area (Å²) in [5, 5.41) is 3.38. The van der Waals surface area contributed by atoms with Gasteiger partial charge < -0.3 is 10.2 Å². The standard InChI is InChI=1S/C16H24N2O/c1-12(19)13-6-5-7-15(10-13)18-9-8-14(17-4)11-16(18,2)3/h5-7,10,14,17H,8-9,11H2,1-4H3. The Morgan fingerprint density at radius 3 is 2.74 bits per heavy atom. The van der Waals surface area contributed by atoms with Crippen molar-refractivity contribution in [2.24, 2.45) is 0 Å². The number of nitrogens with one attached hydrogen (secondary N) is 1. The molecule has 1 aliphatic heterocycles. The summed E-state index contributed by atoms with van der Waals surface area (Å²) in [6, 6.07) is 8.57. The minimum absolute atomic E-state index is 0.112. The van der Waals surface area contributed by atoms with Crippen molar-refractivity contribution in [2.45, 2.75) is 45.2 Å². The molecule has 1 unspecified atom stereocenters. The van der Waals surface area contributed by atoms with Crippen molar-refractivity contribution in [3.8, 4) is 0 Å². The zero-order valence-electron chi connectivity index (χ0n) is 12.4. The highest BCUT2D eigenvalue weighted by Gasteiger charge is 2.34. The molecule has 2 rings (SSSR count). The second kappa shape index (κ2) is 5.33. The van der Waals surface area contributed by atoms with Crippen LogP contribution in [-0.4, -0.2) is 31.0 Å². The highest BCUT2D eigenvalue weighted by molar-refractivity contribution is 5.95. The summed E-state index contributed by atoms with van der Waals surface area (Å²) in [6.45, 7) is 7.20. The van der Waals surface area contributed by atoms with Crippen LogP contribution in [0.15, 0.2) is 24.3 Å². The zero-order valence-corrected chi connectivity index (χ0v) is 12.4. The van der Waals surface area contributed by atoms with E-state index >= 15 is 0 Å². The van der Waals surface area contributed by atoms with Crippen LogP contribution in [0.25, 0.3) is 0 Å². The van der Waals surface area contributed by atoms with E-state index in [9.17, 15) is 4.79 Å². The van der Waals surface area contributed by atoms with Crippen LogP contribution in [0.2, 0.25) is 0 Å². The number of ketones is 1. The van der Waals surface area contributed by atoms with Gasteiger partial charge >= 0.3 is 0 Å². The first kappa shape index (κ1) is 14.1. The van der Waals surface area contributed by atoms with Crippen molar-refractivity contribution >= 4 is 11.5 Å². The maximum Gasteiger partial charge on any atom is 0.159 e. The number of nitrogens with zero attached hydrogens (tertiary/aromatic N) is 1. The van der Waals surface area contributed by atoms with E-state index in [4.69, 9.17) is 0 Å². The third-order valence-corrected chi connectivity index (χ3v) is 4.15. The van der Waals surface area contributed by atoms with Crippen molar-refractivity contribution in [1.29, 1.82) is 0 Å². The summed E-state index contributed by atoms with van der Waals surface area (Å²) in [5.74, 6) is 0.129. The molecule has 1 saturated heterocycles. The molecule has 19 heavy (non-hydrogen) atoms. The lowest BCUT2D eigenvalue weighted by molar-refractivity contribution is 0.101. The lowest BCUT2D eigenvalue weighted by atomic mass is 9.86. The molecule has 0 aliphatic carbocycles. The number of benzene rings is 1. The Bertz CT molecular complexity index is 468. The van der Waals surface area contributed by atoms with E-state index in [2.05, 4.69) is 30.1 Å². The van der Waals surface area contributed by atoms with E-state index in [1.165, 1.54) is 0 Å². The number of anilines is 1. The Hall–Kier alpha value is -1.35. The van der Waals surface area contributed by atoms with Crippen molar-refractivity contribution in [3.05, 3.63) is 29.8 Å². The molecule has 3 heteroatoms.